The van der Waals surface area contributed by atoms with Crippen LogP contribution in [0.5, 0.6) is 17.2 Å². The van der Waals surface area contributed by atoms with Gasteiger partial charge in [0.15, 0.2) is 0 Å². The van der Waals surface area contributed by atoms with E-state index >= 15 is 0 Å². The molecule has 2 rings (SSSR count). The minimum atomic E-state index is 0.413. The van der Waals surface area contributed by atoms with E-state index in [2.05, 4.69) is 15.9 Å². The Morgan fingerprint density at radius 2 is 1.62 bits per heavy atom. The van der Waals surface area contributed by atoms with Crippen LogP contribution >= 0.6 is 15.9 Å². The first-order valence-corrected chi connectivity index (χ1v) is 7.23. The van der Waals surface area contributed by atoms with Crippen molar-refractivity contribution in [2.45, 2.75) is 6.54 Å². The van der Waals surface area contributed by atoms with Crippen molar-refractivity contribution in [3.05, 3.63) is 40.4 Å². The summed E-state index contributed by atoms with van der Waals surface area (Å²) in [5.41, 5.74) is 8.70. The highest BCUT2D eigenvalue weighted by atomic mass is 79.9. The highest BCUT2D eigenvalue weighted by Crippen LogP contribution is 2.42. The van der Waals surface area contributed by atoms with Crippen molar-refractivity contribution in [1.29, 1.82) is 0 Å². The summed E-state index contributed by atoms with van der Waals surface area (Å²) < 4.78 is 16.9. The first-order chi connectivity index (χ1) is 10.2. The fraction of sp³-hybridized carbons (Fsp3) is 0.250. The Labute approximate surface area is 132 Å². The number of rotatable bonds is 5. The highest BCUT2D eigenvalue weighted by molar-refractivity contribution is 9.10. The summed E-state index contributed by atoms with van der Waals surface area (Å²) in [6.45, 7) is 0.413. The predicted octanol–water partition coefficient (Wildman–Crippen LogP) is 3.60. The number of methoxy groups -OCH3 is 3. The lowest BCUT2D eigenvalue weighted by Crippen LogP contribution is -2.00. The van der Waals surface area contributed by atoms with Gasteiger partial charge in [-0.2, -0.15) is 0 Å². The minimum Gasteiger partial charge on any atom is -0.496 e. The molecule has 0 aliphatic heterocycles. The maximum absolute atomic E-state index is 5.78. The molecule has 2 aromatic rings. The van der Waals surface area contributed by atoms with Crippen molar-refractivity contribution in [2.75, 3.05) is 21.3 Å². The molecule has 0 fully saturated rings. The molecule has 2 aromatic carbocycles. The van der Waals surface area contributed by atoms with Gasteiger partial charge in [-0.15, -0.1) is 0 Å². The van der Waals surface area contributed by atoms with Gasteiger partial charge >= 0.3 is 0 Å². The van der Waals surface area contributed by atoms with Crippen molar-refractivity contribution in [3.63, 3.8) is 0 Å². The molecule has 5 heteroatoms. The lowest BCUT2D eigenvalue weighted by molar-refractivity contribution is 0.390. The van der Waals surface area contributed by atoms with Crippen molar-refractivity contribution >= 4 is 15.9 Å². The third-order valence-electron chi connectivity index (χ3n) is 3.30. The van der Waals surface area contributed by atoms with Gasteiger partial charge < -0.3 is 19.9 Å². The number of hydrogen-bond donors (Lipinski definition) is 1. The lowest BCUT2D eigenvalue weighted by atomic mass is 10.0. The van der Waals surface area contributed by atoms with Gasteiger partial charge in [-0.05, 0) is 45.8 Å². The van der Waals surface area contributed by atoms with Gasteiger partial charge in [0.05, 0.1) is 21.3 Å². The third-order valence-corrected chi connectivity index (χ3v) is 4.05. The zero-order valence-corrected chi connectivity index (χ0v) is 13.9. The largest absolute Gasteiger partial charge is 0.496 e. The number of nitrogens with two attached hydrogens (primary N) is 1. The molecule has 2 N–H and O–H groups in total. The monoisotopic (exact) mass is 351 g/mol. The predicted molar refractivity (Wildman–Crippen MR) is 87.1 cm³/mol. The summed E-state index contributed by atoms with van der Waals surface area (Å²) in [5.74, 6) is 2.23. The first-order valence-electron chi connectivity index (χ1n) is 6.44. The van der Waals surface area contributed by atoms with Gasteiger partial charge in [-0.25, -0.2) is 0 Å². The van der Waals surface area contributed by atoms with E-state index in [1.165, 1.54) is 0 Å². The summed E-state index contributed by atoms with van der Waals surface area (Å²) in [6.07, 6.45) is 0. The fourth-order valence-electron chi connectivity index (χ4n) is 2.23. The van der Waals surface area contributed by atoms with E-state index in [9.17, 15) is 0 Å². The maximum Gasteiger partial charge on any atom is 0.144 e. The standard InChI is InChI=1S/C16H18BrNO3/c1-19-13-6-4-10(8-11(13)9-18)12-5-7-14(20-2)15(17)16(12)21-3/h4-8H,9,18H2,1-3H3. The second-order valence-electron chi connectivity index (χ2n) is 4.39. The lowest BCUT2D eigenvalue weighted by Gasteiger charge is -2.15. The summed E-state index contributed by atoms with van der Waals surface area (Å²) >= 11 is 3.51. The molecule has 0 atom stereocenters. The molecule has 0 unspecified atom stereocenters. The van der Waals surface area contributed by atoms with Crippen molar-refractivity contribution < 1.29 is 14.2 Å². The fourth-order valence-corrected chi connectivity index (χ4v) is 2.90. The van der Waals surface area contributed by atoms with E-state index in [-0.39, 0.29) is 0 Å². The first kappa shape index (κ1) is 15.7. The van der Waals surface area contributed by atoms with Crippen LogP contribution in [0.2, 0.25) is 0 Å². The molecule has 0 heterocycles. The van der Waals surface area contributed by atoms with Crippen molar-refractivity contribution in [2.24, 2.45) is 5.73 Å². The molecule has 4 nitrogen and oxygen atoms in total. The zero-order valence-electron chi connectivity index (χ0n) is 12.3. The average Bonchev–Trinajstić information content (AvgIpc) is 2.53. The number of halogens is 1. The summed E-state index contributed by atoms with van der Waals surface area (Å²) in [7, 11) is 4.90. The van der Waals surface area contributed by atoms with E-state index < -0.39 is 0 Å². The van der Waals surface area contributed by atoms with Crippen LogP contribution in [0.25, 0.3) is 11.1 Å². The average molecular weight is 352 g/mol. The molecular formula is C16H18BrNO3. The molecule has 0 aliphatic rings. The van der Waals surface area contributed by atoms with E-state index in [0.29, 0.717) is 6.54 Å². The Hall–Kier alpha value is -1.72. The SMILES string of the molecule is COc1ccc(-c2ccc(OC)c(Br)c2OC)cc1CN. The van der Waals surface area contributed by atoms with Gasteiger partial charge in [0.1, 0.15) is 21.7 Å². The minimum absolute atomic E-state index is 0.413. The molecule has 112 valence electrons. The van der Waals surface area contributed by atoms with Gasteiger partial charge in [0.25, 0.3) is 0 Å². The Bertz CT molecular complexity index is 644. The Kier molecular flexibility index (Phi) is 5.09. The molecule has 0 bridgehead atoms. The van der Waals surface area contributed by atoms with Crippen LogP contribution in [0.1, 0.15) is 5.56 Å². The van der Waals surface area contributed by atoms with E-state index in [0.717, 1.165) is 38.4 Å². The van der Waals surface area contributed by atoms with Crippen LogP contribution in [-0.4, -0.2) is 21.3 Å². The molecule has 21 heavy (non-hydrogen) atoms. The van der Waals surface area contributed by atoms with Crippen molar-refractivity contribution in [3.8, 4) is 28.4 Å². The Balaban J connectivity index is 2.59. The number of benzene rings is 2. The summed E-state index contributed by atoms with van der Waals surface area (Å²) in [6, 6.07) is 9.76. The van der Waals surface area contributed by atoms with E-state index in [1.807, 2.05) is 30.3 Å². The zero-order chi connectivity index (χ0) is 15.4. The molecule has 0 spiro atoms. The molecule has 0 saturated carbocycles. The van der Waals surface area contributed by atoms with E-state index in [1.54, 1.807) is 21.3 Å². The van der Waals surface area contributed by atoms with Crippen LogP contribution in [0.3, 0.4) is 0 Å². The number of hydrogen-bond acceptors (Lipinski definition) is 4. The Morgan fingerprint density at radius 3 is 2.19 bits per heavy atom. The van der Waals surface area contributed by atoms with Crippen LogP contribution in [0.15, 0.2) is 34.8 Å². The molecular weight excluding hydrogens is 334 g/mol. The van der Waals surface area contributed by atoms with Crippen LogP contribution < -0.4 is 19.9 Å². The van der Waals surface area contributed by atoms with Crippen molar-refractivity contribution in [1.82, 2.24) is 0 Å². The maximum atomic E-state index is 5.78. The topological polar surface area (TPSA) is 53.7 Å². The van der Waals surface area contributed by atoms with E-state index in [4.69, 9.17) is 19.9 Å². The molecule has 0 aromatic heterocycles. The van der Waals surface area contributed by atoms with Crippen LogP contribution in [-0.2, 0) is 6.54 Å². The quantitative estimate of drug-likeness (QED) is 0.893. The molecule has 0 aliphatic carbocycles. The second-order valence-corrected chi connectivity index (χ2v) is 5.19. The second kappa shape index (κ2) is 6.83. The van der Waals surface area contributed by atoms with Gasteiger partial charge in [0.2, 0.25) is 0 Å². The smallest absolute Gasteiger partial charge is 0.144 e. The molecule has 0 radical (unpaired) electrons. The highest BCUT2D eigenvalue weighted by Gasteiger charge is 2.15. The summed E-state index contributed by atoms with van der Waals surface area (Å²) in [5, 5.41) is 0. The van der Waals surface area contributed by atoms with Crippen LogP contribution in [0.4, 0.5) is 0 Å². The Morgan fingerprint density at radius 1 is 0.952 bits per heavy atom. The normalized spacial score (nSPS) is 10.3. The molecule has 0 saturated heterocycles. The molecule has 0 amide bonds. The van der Waals surface area contributed by atoms with Gasteiger partial charge in [-0.3, -0.25) is 0 Å². The third kappa shape index (κ3) is 2.99. The summed E-state index contributed by atoms with van der Waals surface area (Å²) in [4.78, 5) is 0. The van der Waals surface area contributed by atoms with Gasteiger partial charge in [-0.1, -0.05) is 6.07 Å². The van der Waals surface area contributed by atoms with Gasteiger partial charge in [0, 0.05) is 17.7 Å². The number of ether oxygens (including phenoxy) is 3. The van der Waals surface area contributed by atoms with Crippen LogP contribution in [0, 0.1) is 0 Å².